The minimum Gasteiger partial charge on any atom is -0.490 e. The Morgan fingerprint density at radius 1 is 0.743 bits per heavy atom. The first kappa shape index (κ1) is 23.4. The Morgan fingerprint density at radius 2 is 1.31 bits per heavy atom. The maximum atomic E-state index is 13.6. The van der Waals surface area contributed by atoms with Gasteiger partial charge in [0, 0.05) is 38.7 Å². The molecule has 8 heteroatoms. The van der Waals surface area contributed by atoms with Crippen molar-refractivity contribution in [1.29, 1.82) is 0 Å². The Kier molecular flexibility index (Phi) is 6.74. The predicted octanol–water partition coefficient (Wildman–Crippen LogP) is 3.51. The van der Waals surface area contributed by atoms with Crippen LogP contribution in [0.3, 0.4) is 0 Å². The van der Waals surface area contributed by atoms with Crippen LogP contribution < -0.4 is 9.47 Å². The van der Waals surface area contributed by atoms with E-state index in [0.29, 0.717) is 37.8 Å². The van der Waals surface area contributed by atoms with E-state index in [2.05, 4.69) is 0 Å². The van der Waals surface area contributed by atoms with Crippen LogP contribution >= 0.6 is 0 Å². The minimum atomic E-state index is -3.72. The molecule has 3 aromatic rings. The molecule has 1 saturated heterocycles. The van der Waals surface area contributed by atoms with Crippen LogP contribution in [0.5, 0.6) is 11.5 Å². The number of hydrogen-bond donors (Lipinski definition) is 0. The van der Waals surface area contributed by atoms with Crippen LogP contribution in [0.1, 0.15) is 23.5 Å². The Hall–Kier alpha value is -3.36. The van der Waals surface area contributed by atoms with E-state index in [1.807, 2.05) is 60.7 Å². The average molecular weight is 493 g/mol. The lowest BCUT2D eigenvalue weighted by Gasteiger charge is -2.36. The maximum Gasteiger partial charge on any atom is 0.243 e. The molecule has 5 rings (SSSR count). The number of amides is 1. The molecule has 7 nitrogen and oxygen atoms in total. The SMILES string of the molecule is O=C(C(c1ccccc1)c1ccccc1)N1CCN(S(=O)(=O)c2ccc3c(c2)OCCCO3)CC1. The Labute approximate surface area is 205 Å². The highest BCUT2D eigenvalue weighted by molar-refractivity contribution is 7.89. The normalized spacial score (nSPS) is 16.7. The zero-order valence-corrected chi connectivity index (χ0v) is 20.2. The van der Waals surface area contributed by atoms with E-state index < -0.39 is 15.9 Å². The van der Waals surface area contributed by atoms with Gasteiger partial charge in [0.1, 0.15) is 0 Å². The quantitative estimate of drug-likeness (QED) is 0.545. The molecule has 0 saturated carbocycles. The molecule has 0 radical (unpaired) electrons. The smallest absolute Gasteiger partial charge is 0.243 e. The van der Waals surface area contributed by atoms with Crippen molar-refractivity contribution >= 4 is 15.9 Å². The zero-order chi connectivity index (χ0) is 24.3. The summed E-state index contributed by atoms with van der Waals surface area (Å²) in [6, 6.07) is 24.2. The zero-order valence-electron chi connectivity index (χ0n) is 19.4. The lowest BCUT2D eigenvalue weighted by molar-refractivity contribution is -0.133. The summed E-state index contributed by atoms with van der Waals surface area (Å²) in [4.78, 5) is 15.6. The molecule has 2 aliphatic heterocycles. The third-order valence-electron chi connectivity index (χ3n) is 6.42. The largest absolute Gasteiger partial charge is 0.490 e. The number of carbonyl (C=O) groups is 1. The molecule has 35 heavy (non-hydrogen) atoms. The first-order valence-corrected chi connectivity index (χ1v) is 13.3. The van der Waals surface area contributed by atoms with Gasteiger partial charge < -0.3 is 14.4 Å². The Morgan fingerprint density at radius 3 is 1.91 bits per heavy atom. The Balaban J connectivity index is 1.32. The number of fused-ring (bicyclic) bond motifs is 1. The van der Waals surface area contributed by atoms with Gasteiger partial charge in [0.15, 0.2) is 11.5 Å². The minimum absolute atomic E-state index is 0.0185. The molecule has 0 unspecified atom stereocenters. The van der Waals surface area contributed by atoms with Gasteiger partial charge in [0.2, 0.25) is 15.9 Å². The van der Waals surface area contributed by atoms with Crippen molar-refractivity contribution in [3.8, 4) is 11.5 Å². The van der Waals surface area contributed by atoms with Crippen molar-refractivity contribution in [2.24, 2.45) is 0 Å². The van der Waals surface area contributed by atoms with Crippen LogP contribution in [0, 0.1) is 0 Å². The summed E-state index contributed by atoms with van der Waals surface area (Å²) >= 11 is 0. The number of rotatable bonds is 5. The van der Waals surface area contributed by atoms with E-state index in [1.54, 1.807) is 17.0 Å². The molecule has 0 aromatic heterocycles. The lowest BCUT2D eigenvalue weighted by Crippen LogP contribution is -2.51. The van der Waals surface area contributed by atoms with Gasteiger partial charge in [-0.1, -0.05) is 60.7 Å². The number of ether oxygens (including phenoxy) is 2. The fourth-order valence-electron chi connectivity index (χ4n) is 4.55. The van der Waals surface area contributed by atoms with Crippen molar-refractivity contribution in [2.75, 3.05) is 39.4 Å². The van der Waals surface area contributed by atoms with Crippen LogP contribution in [0.25, 0.3) is 0 Å². The summed E-state index contributed by atoms with van der Waals surface area (Å²) in [6.45, 7) is 2.17. The summed E-state index contributed by atoms with van der Waals surface area (Å²) in [6.07, 6.45) is 0.750. The summed E-state index contributed by atoms with van der Waals surface area (Å²) in [5.41, 5.74) is 1.84. The van der Waals surface area contributed by atoms with Gasteiger partial charge in [-0.05, 0) is 23.3 Å². The maximum absolute atomic E-state index is 13.6. The van der Waals surface area contributed by atoms with E-state index in [9.17, 15) is 13.2 Å². The van der Waals surface area contributed by atoms with E-state index in [4.69, 9.17) is 9.47 Å². The van der Waals surface area contributed by atoms with Crippen LogP contribution in [0.4, 0.5) is 0 Å². The van der Waals surface area contributed by atoms with Gasteiger partial charge in [-0.15, -0.1) is 0 Å². The molecule has 2 aliphatic rings. The lowest BCUT2D eigenvalue weighted by atomic mass is 9.90. The summed E-state index contributed by atoms with van der Waals surface area (Å²) in [5, 5.41) is 0. The van der Waals surface area contributed by atoms with Crippen molar-refractivity contribution in [3.05, 3.63) is 90.0 Å². The summed E-state index contributed by atoms with van der Waals surface area (Å²) < 4.78 is 39.4. The van der Waals surface area contributed by atoms with E-state index in [1.165, 1.54) is 10.4 Å². The molecular weight excluding hydrogens is 464 g/mol. The second-order valence-corrected chi connectivity index (χ2v) is 10.6. The number of hydrogen-bond acceptors (Lipinski definition) is 5. The monoisotopic (exact) mass is 492 g/mol. The van der Waals surface area contributed by atoms with Crippen LogP contribution in [-0.2, 0) is 14.8 Å². The first-order chi connectivity index (χ1) is 17.0. The van der Waals surface area contributed by atoms with Crippen molar-refractivity contribution in [1.82, 2.24) is 9.21 Å². The highest BCUT2D eigenvalue weighted by atomic mass is 32.2. The second kappa shape index (κ2) is 10.1. The molecule has 2 heterocycles. The topological polar surface area (TPSA) is 76.2 Å². The fourth-order valence-corrected chi connectivity index (χ4v) is 5.99. The fraction of sp³-hybridized carbons (Fsp3) is 0.296. The molecule has 0 atom stereocenters. The molecule has 1 fully saturated rings. The van der Waals surface area contributed by atoms with E-state index in [-0.39, 0.29) is 23.9 Å². The molecule has 0 aliphatic carbocycles. The molecule has 1 amide bonds. The van der Waals surface area contributed by atoms with Gasteiger partial charge in [0.05, 0.1) is 24.0 Å². The molecule has 0 bridgehead atoms. The highest BCUT2D eigenvalue weighted by Crippen LogP contribution is 2.33. The molecule has 0 spiro atoms. The number of sulfonamides is 1. The number of benzene rings is 3. The van der Waals surface area contributed by atoms with Gasteiger partial charge in [-0.2, -0.15) is 4.31 Å². The number of piperazine rings is 1. The van der Waals surface area contributed by atoms with Gasteiger partial charge >= 0.3 is 0 Å². The van der Waals surface area contributed by atoms with Crippen LogP contribution in [-0.4, -0.2) is 62.9 Å². The Bertz CT molecular complexity index is 1230. The molecule has 0 N–H and O–H groups in total. The van der Waals surface area contributed by atoms with Crippen LogP contribution in [0.2, 0.25) is 0 Å². The van der Waals surface area contributed by atoms with Crippen molar-refractivity contribution in [2.45, 2.75) is 17.2 Å². The highest BCUT2D eigenvalue weighted by Gasteiger charge is 2.34. The summed E-state index contributed by atoms with van der Waals surface area (Å²) in [5.74, 6) is 0.563. The molecular formula is C27H28N2O5S. The third kappa shape index (κ3) is 4.90. The predicted molar refractivity (Wildman–Crippen MR) is 132 cm³/mol. The van der Waals surface area contributed by atoms with E-state index in [0.717, 1.165) is 17.5 Å². The molecule has 3 aromatic carbocycles. The number of nitrogens with zero attached hydrogens (tertiary/aromatic N) is 2. The van der Waals surface area contributed by atoms with Crippen LogP contribution in [0.15, 0.2) is 83.8 Å². The van der Waals surface area contributed by atoms with Gasteiger partial charge in [0.25, 0.3) is 0 Å². The van der Waals surface area contributed by atoms with Crippen molar-refractivity contribution < 1.29 is 22.7 Å². The van der Waals surface area contributed by atoms with Gasteiger partial charge in [-0.25, -0.2) is 8.42 Å². The summed E-state index contributed by atoms with van der Waals surface area (Å²) in [7, 11) is -3.72. The standard InChI is InChI=1S/C27H28N2O5S/c30-27(26(21-8-3-1-4-9-21)22-10-5-2-6-11-22)28-14-16-29(17-15-28)35(31,32)23-12-13-24-25(20-23)34-19-7-18-33-24/h1-6,8-13,20,26H,7,14-19H2. The van der Waals surface area contributed by atoms with E-state index >= 15 is 0 Å². The second-order valence-electron chi connectivity index (χ2n) is 8.64. The third-order valence-corrected chi connectivity index (χ3v) is 8.31. The van der Waals surface area contributed by atoms with Gasteiger partial charge in [-0.3, -0.25) is 4.79 Å². The van der Waals surface area contributed by atoms with Crippen molar-refractivity contribution in [3.63, 3.8) is 0 Å². The average Bonchev–Trinajstić information content (AvgIpc) is 3.15. The molecule has 182 valence electrons. The first-order valence-electron chi connectivity index (χ1n) is 11.8. The number of carbonyl (C=O) groups excluding carboxylic acids is 1.